The molecule has 1 aliphatic heterocycles. The SMILES string of the molecule is CCC(CN)N1CCC(O)C(C)C1. The Morgan fingerprint density at radius 2 is 2.31 bits per heavy atom. The second-order valence-corrected chi connectivity index (χ2v) is 4.13. The average molecular weight is 186 g/mol. The van der Waals surface area contributed by atoms with Gasteiger partial charge in [0.15, 0.2) is 0 Å². The summed E-state index contributed by atoms with van der Waals surface area (Å²) in [5.41, 5.74) is 5.69. The molecule has 1 fully saturated rings. The van der Waals surface area contributed by atoms with Gasteiger partial charge in [-0.15, -0.1) is 0 Å². The van der Waals surface area contributed by atoms with Crippen molar-refractivity contribution >= 4 is 0 Å². The second kappa shape index (κ2) is 4.94. The highest BCUT2D eigenvalue weighted by molar-refractivity contribution is 4.81. The molecule has 1 saturated heterocycles. The molecule has 0 aromatic rings. The molecule has 0 aliphatic carbocycles. The van der Waals surface area contributed by atoms with Crippen molar-refractivity contribution in [2.45, 2.75) is 38.8 Å². The van der Waals surface area contributed by atoms with Crippen LogP contribution in [0.1, 0.15) is 26.7 Å². The molecule has 3 nitrogen and oxygen atoms in total. The van der Waals surface area contributed by atoms with E-state index >= 15 is 0 Å². The number of nitrogens with zero attached hydrogens (tertiary/aromatic N) is 1. The zero-order chi connectivity index (χ0) is 9.84. The van der Waals surface area contributed by atoms with Crippen molar-refractivity contribution in [3.8, 4) is 0 Å². The minimum Gasteiger partial charge on any atom is -0.393 e. The molecule has 3 N–H and O–H groups in total. The molecular formula is C10H22N2O. The lowest BCUT2D eigenvalue weighted by Gasteiger charge is -2.38. The molecule has 0 aromatic heterocycles. The Hall–Kier alpha value is -0.120. The van der Waals surface area contributed by atoms with Crippen molar-refractivity contribution in [3.63, 3.8) is 0 Å². The van der Waals surface area contributed by atoms with Crippen LogP contribution in [0.5, 0.6) is 0 Å². The average Bonchev–Trinajstić information content (AvgIpc) is 2.13. The van der Waals surface area contributed by atoms with Crippen LogP contribution in [0.3, 0.4) is 0 Å². The fourth-order valence-corrected chi connectivity index (χ4v) is 2.07. The van der Waals surface area contributed by atoms with Crippen LogP contribution in [-0.2, 0) is 0 Å². The molecule has 0 radical (unpaired) electrons. The molecule has 13 heavy (non-hydrogen) atoms. The number of hydrogen-bond donors (Lipinski definition) is 2. The zero-order valence-corrected chi connectivity index (χ0v) is 8.74. The summed E-state index contributed by atoms with van der Waals surface area (Å²) in [6, 6.07) is 0.509. The van der Waals surface area contributed by atoms with Gasteiger partial charge in [0.1, 0.15) is 0 Å². The molecule has 0 spiro atoms. The fourth-order valence-electron chi connectivity index (χ4n) is 2.07. The van der Waals surface area contributed by atoms with Gasteiger partial charge in [0.05, 0.1) is 6.10 Å². The fraction of sp³-hybridized carbons (Fsp3) is 1.00. The molecule has 0 bridgehead atoms. The largest absolute Gasteiger partial charge is 0.393 e. The van der Waals surface area contributed by atoms with E-state index in [0.29, 0.717) is 12.0 Å². The molecule has 3 heteroatoms. The summed E-state index contributed by atoms with van der Waals surface area (Å²) in [6.45, 7) is 7.02. The molecule has 3 unspecified atom stereocenters. The Morgan fingerprint density at radius 1 is 1.62 bits per heavy atom. The van der Waals surface area contributed by atoms with Crippen molar-refractivity contribution in [1.82, 2.24) is 4.90 Å². The number of nitrogens with two attached hydrogens (primary N) is 1. The Bertz CT molecular complexity index is 148. The predicted octanol–water partition coefficient (Wildman–Crippen LogP) is 0.426. The third-order valence-electron chi connectivity index (χ3n) is 3.15. The maximum Gasteiger partial charge on any atom is 0.0590 e. The zero-order valence-electron chi connectivity index (χ0n) is 8.74. The number of aliphatic hydroxyl groups excluding tert-OH is 1. The van der Waals surface area contributed by atoms with E-state index in [1.807, 2.05) is 0 Å². The van der Waals surface area contributed by atoms with Crippen LogP contribution in [0.4, 0.5) is 0 Å². The molecule has 78 valence electrons. The highest BCUT2D eigenvalue weighted by Gasteiger charge is 2.27. The molecule has 1 aliphatic rings. The van der Waals surface area contributed by atoms with Gasteiger partial charge in [-0.3, -0.25) is 4.90 Å². The summed E-state index contributed by atoms with van der Waals surface area (Å²) in [5.74, 6) is 0.398. The van der Waals surface area contributed by atoms with E-state index in [-0.39, 0.29) is 6.10 Å². The van der Waals surface area contributed by atoms with Crippen LogP contribution in [0.15, 0.2) is 0 Å². The number of hydrogen-bond acceptors (Lipinski definition) is 3. The first kappa shape index (κ1) is 11.0. The summed E-state index contributed by atoms with van der Waals surface area (Å²) in [4.78, 5) is 2.41. The molecule has 0 amide bonds. The lowest BCUT2D eigenvalue weighted by atomic mass is 9.95. The minimum atomic E-state index is -0.105. The Kier molecular flexibility index (Phi) is 4.16. The molecule has 0 aromatic carbocycles. The monoisotopic (exact) mass is 186 g/mol. The van der Waals surface area contributed by atoms with Crippen molar-refractivity contribution in [3.05, 3.63) is 0 Å². The summed E-state index contributed by atoms with van der Waals surface area (Å²) < 4.78 is 0. The second-order valence-electron chi connectivity index (χ2n) is 4.13. The summed E-state index contributed by atoms with van der Waals surface area (Å²) in [5, 5.41) is 9.56. The van der Waals surface area contributed by atoms with Crippen molar-refractivity contribution in [2.75, 3.05) is 19.6 Å². The number of rotatable bonds is 3. The van der Waals surface area contributed by atoms with E-state index in [1.165, 1.54) is 0 Å². The van der Waals surface area contributed by atoms with Gasteiger partial charge in [-0.25, -0.2) is 0 Å². The predicted molar refractivity (Wildman–Crippen MR) is 54.5 cm³/mol. The molecular weight excluding hydrogens is 164 g/mol. The first-order valence-electron chi connectivity index (χ1n) is 5.31. The van der Waals surface area contributed by atoms with Gasteiger partial charge in [-0.1, -0.05) is 13.8 Å². The van der Waals surface area contributed by atoms with E-state index in [1.54, 1.807) is 0 Å². The lowest BCUT2D eigenvalue weighted by molar-refractivity contribution is 0.0179. The maximum atomic E-state index is 9.56. The van der Waals surface area contributed by atoms with Gasteiger partial charge in [-0.2, -0.15) is 0 Å². The molecule has 3 atom stereocenters. The number of likely N-dealkylation sites (tertiary alicyclic amines) is 1. The molecule has 1 rings (SSSR count). The standard InChI is InChI=1S/C10H22N2O/c1-3-9(6-11)12-5-4-10(13)8(2)7-12/h8-10,13H,3-7,11H2,1-2H3. The quantitative estimate of drug-likeness (QED) is 0.672. The molecule has 0 saturated carbocycles. The third kappa shape index (κ3) is 2.66. The van der Waals surface area contributed by atoms with Gasteiger partial charge in [0.25, 0.3) is 0 Å². The van der Waals surface area contributed by atoms with Crippen molar-refractivity contribution < 1.29 is 5.11 Å². The van der Waals surface area contributed by atoms with Crippen LogP contribution < -0.4 is 5.73 Å². The van der Waals surface area contributed by atoms with Gasteiger partial charge < -0.3 is 10.8 Å². The summed E-state index contributed by atoms with van der Waals surface area (Å²) in [7, 11) is 0. The van der Waals surface area contributed by atoms with E-state index in [0.717, 1.165) is 32.5 Å². The Labute approximate surface area is 80.9 Å². The smallest absolute Gasteiger partial charge is 0.0590 e. The van der Waals surface area contributed by atoms with Crippen molar-refractivity contribution in [1.29, 1.82) is 0 Å². The minimum absolute atomic E-state index is 0.105. The highest BCUT2D eigenvalue weighted by Crippen LogP contribution is 2.19. The van der Waals surface area contributed by atoms with E-state index in [2.05, 4.69) is 18.7 Å². The summed E-state index contributed by atoms with van der Waals surface area (Å²) in [6.07, 6.45) is 1.91. The lowest BCUT2D eigenvalue weighted by Crippen LogP contribution is -2.49. The highest BCUT2D eigenvalue weighted by atomic mass is 16.3. The van der Waals surface area contributed by atoms with E-state index in [9.17, 15) is 5.11 Å². The first-order chi connectivity index (χ1) is 6.19. The topological polar surface area (TPSA) is 49.5 Å². The van der Waals surface area contributed by atoms with E-state index in [4.69, 9.17) is 5.73 Å². The van der Waals surface area contributed by atoms with Crippen LogP contribution in [0, 0.1) is 5.92 Å². The van der Waals surface area contributed by atoms with Gasteiger partial charge in [-0.05, 0) is 18.8 Å². The molecule has 1 heterocycles. The van der Waals surface area contributed by atoms with Gasteiger partial charge >= 0.3 is 0 Å². The van der Waals surface area contributed by atoms with E-state index < -0.39 is 0 Å². The Morgan fingerprint density at radius 3 is 2.77 bits per heavy atom. The first-order valence-corrected chi connectivity index (χ1v) is 5.31. The van der Waals surface area contributed by atoms with Crippen LogP contribution in [-0.4, -0.2) is 41.8 Å². The normalized spacial score (nSPS) is 33.2. The summed E-state index contributed by atoms with van der Waals surface area (Å²) >= 11 is 0. The van der Waals surface area contributed by atoms with Crippen LogP contribution >= 0.6 is 0 Å². The Balaban J connectivity index is 2.44. The number of piperidine rings is 1. The van der Waals surface area contributed by atoms with Gasteiger partial charge in [0, 0.05) is 25.7 Å². The number of aliphatic hydroxyl groups is 1. The van der Waals surface area contributed by atoms with Crippen molar-refractivity contribution in [2.24, 2.45) is 11.7 Å². The third-order valence-corrected chi connectivity index (χ3v) is 3.15. The maximum absolute atomic E-state index is 9.56. The van der Waals surface area contributed by atoms with Crippen LogP contribution in [0.25, 0.3) is 0 Å². The van der Waals surface area contributed by atoms with Crippen LogP contribution in [0.2, 0.25) is 0 Å². The van der Waals surface area contributed by atoms with Gasteiger partial charge in [0.2, 0.25) is 0 Å².